The van der Waals surface area contributed by atoms with Crippen LogP contribution in [0.1, 0.15) is 12.5 Å². The molecule has 5 nitrogen and oxygen atoms in total. The normalized spacial score (nSPS) is 10.0. The number of rotatable bonds is 8. The van der Waals surface area contributed by atoms with Gasteiger partial charge in [0.1, 0.15) is 0 Å². The van der Waals surface area contributed by atoms with Gasteiger partial charge < -0.3 is 9.47 Å². The topological polar surface area (TPSA) is 56.8 Å². The van der Waals surface area contributed by atoms with Crippen LogP contribution in [0.4, 0.5) is 0 Å². The van der Waals surface area contributed by atoms with Gasteiger partial charge in [0.25, 0.3) is 5.91 Å². The monoisotopic (exact) mass is 301 g/mol. The van der Waals surface area contributed by atoms with Gasteiger partial charge in [-0.25, -0.2) is 5.48 Å². The Morgan fingerprint density at radius 3 is 2.27 bits per heavy atom. The Morgan fingerprint density at radius 1 is 0.955 bits per heavy atom. The Kier molecular flexibility index (Phi) is 6.26. The first-order valence-electron chi connectivity index (χ1n) is 7.08. The van der Waals surface area contributed by atoms with E-state index in [4.69, 9.17) is 14.3 Å². The molecule has 0 atom stereocenters. The third-order valence-electron chi connectivity index (χ3n) is 2.78. The van der Waals surface area contributed by atoms with Gasteiger partial charge in [0, 0.05) is 0 Å². The van der Waals surface area contributed by atoms with E-state index >= 15 is 0 Å². The maximum Gasteiger partial charge on any atom is 0.281 e. The zero-order valence-corrected chi connectivity index (χ0v) is 12.5. The van der Waals surface area contributed by atoms with Gasteiger partial charge in [-0.15, -0.1) is 0 Å². The predicted octanol–water partition coefficient (Wildman–Crippen LogP) is 2.71. The summed E-state index contributed by atoms with van der Waals surface area (Å²) in [6.07, 6.45) is 0. The van der Waals surface area contributed by atoms with Gasteiger partial charge in [0.2, 0.25) is 0 Å². The molecule has 0 aliphatic carbocycles. The summed E-state index contributed by atoms with van der Waals surface area (Å²) in [4.78, 5) is 16.8. The van der Waals surface area contributed by atoms with Crippen molar-refractivity contribution in [3.8, 4) is 11.5 Å². The van der Waals surface area contributed by atoms with Crippen molar-refractivity contribution in [3.63, 3.8) is 0 Å². The number of carbonyl (C=O) groups is 1. The first-order chi connectivity index (χ1) is 10.8. The van der Waals surface area contributed by atoms with Crippen molar-refractivity contribution in [2.45, 2.75) is 13.5 Å². The van der Waals surface area contributed by atoms with Crippen LogP contribution in [-0.2, 0) is 16.2 Å². The summed E-state index contributed by atoms with van der Waals surface area (Å²) in [7, 11) is 0. The second-order valence-corrected chi connectivity index (χ2v) is 4.47. The average Bonchev–Trinajstić information content (AvgIpc) is 2.55. The summed E-state index contributed by atoms with van der Waals surface area (Å²) in [5, 5.41) is 0. The molecule has 0 aliphatic rings. The molecule has 0 spiro atoms. The summed E-state index contributed by atoms with van der Waals surface area (Å²) < 4.78 is 10.9. The highest BCUT2D eigenvalue weighted by Crippen LogP contribution is 2.26. The van der Waals surface area contributed by atoms with Crippen LogP contribution in [0.5, 0.6) is 11.5 Å². The molecule has 0 unspecified atom stereocenters. The smallest absolute Gasteiger partial charge is 0.281 e. The van der Waals surface area contributed by atoms with Gasteiger partial charge in [-0.3, -0.25) is 9.63 Å². The molecule has 0 heterocycles. The Bertz CT molecular complexity index is 586. The SMILES string of the molecule is CCOc1ccccc1OCC(=O)NOCc1ccccc1. The van der Waals surface area contributed by atoms with Crippen molar-refractivity contribution in [1.82, 2.24) is 5.48 Å². The highest BCUT2D eigenvalue weighted by Gasteiger charge is 2.07. The van der Waals surface area contributed by atoms with Crippen LogP contribution in [-0.4, -0.2) is 19.1 Å². The molecule has 116 valence electrons. The van der Waals surface area contributed by atoms with E-state index in [1.54, 1.807) is 12.1 Å². The van der Waals surface area contributed by atoms with E-state index in [9.17, 15) is 4.79 Å². The van der Waals surface area contributed by atoms with Gasteiger partial charge in [-0.1, -0.05) is 42.5 Å². The lowest BCUT2D eigenvalue weighted by atomic mass is 10.2. The lowest BCUT2D eigenvalue weighted by Crippen LogP contribution is -2.29. The predicted molar refractivity (Wildman–Crippen MR) is 82.5 cm³/mol. The van der Waals surface area contributed by atoms with Gasteiger partial charge in [-0.05, 0) is 24.6 Å². The molecule has 0 bridgehead atoms. The van der Waals surface area contributed by atoms with E-state index in [2.05, 4.69) is 5.48 Å². The number of hydroxylamine groups is 1. The minimum absolute atomic E-state index is 0.140. The van der Waals surface area contributed by atoms with Crippen LogP contribution in [0.3, 0.4) is 0 Å². The standard InChI is InChI=1S/C17H19NO4/c1-2-20-15-10-6-7-11-16(15)21-13-17(19)18-22-12-14-8-4-3-5-9-14/h3-11H,2,12-13H2,1H3,(H,18,19). The minimum Gasteiger partial charge on any atom is -0.490 e. The molecule has 1 N–H and O–H groups in total. The van der Waals surface area contributed by atoms with Gasteiger partial charge in [-0.2, -0.15) is 0 Å². The number of hydrogen-bond acceptors (Lipinski definition) is 4. The van der Waals surface area contributed by atoms with Gasteiger partial charge >= 0.3 is 0 Å². The molecule has 1 amide bonds. The molecule has 2 rings (SSSR count). The van der Waals surface area contributed by atoms with Crippen LogP contribution in [0.2, 0.25) is 0 Å². The van der Waals surface area contributed by atoms with Crippen molar-refractivity contribution in [2.75, 3.05) is 13.2 Å². The largest absolute Gasteiger partial charge is 0.490 e. The van der Waals surface area contributed by atoms with E-state index in [1.165, 1.54) is 0 Å². The highest BCUT2D eigenvalue weighted by molar-refractivity contribution is 5.76. The van der Waals surface area contributed by atoms with Crippen LogP contribution in [0, 0.1) is 0 Å². The maximum absolute atomic E-state index is 11.7. The highest BCUT2D eigenvalue weighted by atomic mass is 16.7. The third-order valence-corrected chi connectivity index (χ3v) is 2.78. The minimum atomic E-state index is -0.359. The van der Waals surface area contributed by atoms with Crippen molar-refractivity contribution < 1.29 is 19.1 Å². The second-order valence-electron chi connectivity index (χ2n) is 4.47. The molecule has 0 saturated carbocycles. The van der Waals surface area contributed by atoms with Crippen molar-refractivity contribution in [1.29, 1.82) is 0 Å². The van der Waals surface area contributed by atoms with E-state index in [0.717, 1.165) is 5.56 Å². The third kappa shape index (κ3) is 5.10. The van der Waals surface area contributed by atoms with Crippen molar-refractivity contribution in [3.05, 3.63) is 60.2 Å². The summed E-state index contributed by atoms with van der Waals surface area (Å²) in [6, 6.07) is 16.8. The second kappa shape index (κ2) is 8.69. The van der Waals surface area contributed by atoms with E-state index in [0.29, 0.717) is 24.7 Å². The van der Waals surface area contributed by atoms with E-state index in [-0.39, 0.29) is 12.5 Å². The number of ether oxygens (including phenoxy) is 2. The first kappa shape index (κ1) is 15.9. The molecule has 2 aromatic carbocycles. The summed E-state index contributed by atoms with van der Waals surface area (Å²) in [6.45, 7) is 2.59. The molecule has 0 fully saturated rings. The van der Waals surface area contributed by atoms with Crippen LogP contribution in [0.25, 0.3) is 0 Å². The molecule has 0 saturated heterocycles. The zero-order chi connectivity index (χ0) is 15.6. The molecular formula is C17H19NO4. The zero-order valence-electron chi connectivity index (χ0n) is 12.5. The van der Waals surface area contributed by atoms with Crippen LogP contribution in [0.15, 0.2) is 54.6 Å². The van der Waals surface area contributed by atoms with Crippen LogP contribution < -0.4 is 15.0 Å². The Hall–Kier alpha value is -2.53. The molecule has 22 heavy (non-hydrogen) atoms. The molecule has 5 heteroatoms. The average molecular weight is 301 g/mol. The summed E-state index contributed by atoms with van der Waals surface area (Å²) in [5.74, 6) is 0.785. The number of hydrogen-bond donors (Lipinski definition) is 1. The number of amides is 1. The summed E-state index contributed by atoms with van der Waals surface area (Å²) >= 11 is 0. The number of nitrogens with one attached hydrogen (secondary N) is 1. The summed E-state index contributed by atoms with van der Waals surface area (Å²) in [5.41, 5.74) is 3.33. The quantitative estimate of drug-likeness (QED) is 0.762. The van der Waals surface area contributed by atoms with Crippen molar-refractivity contribution in [2.24, 2.45) is 0 Å². The fraction of sp³-hybridized carbons (Fsp3) is 0.235. The first-order valence-corrected chi connectivity index (χ1v) is 7.08. The molecule has 0 aliphatic heterocycles. The fourth-order valence-electron chi connectivity index (χ4n) is 1.79. The Morgan fingerprint density at radius 2 is 1.59 bits per heavy atom. The lowest BCUT2D eigenvalue weighted by Gasteiger charge is -2.11. The Labute approximate surface area is 129 Å². The van der Waals surface area contributed by atoms with E-state index < -0.39 is 0 Å². The number of benzene rings is 2. The fourth-order valence-corrected chi connectivity index (χ4v) is 1.79. The van der Waals surface area contributed by atoms with Crippen molar-refractivity contribution >= 4 is 5.91 Å². The van der Waals surface area contributed by atoms with E-state index in [1.807, 2.05) is 49.4 Å². The Balaban J connectivity index is 1.74. The molecule has 0 aromatic heterocycles. The number of carbonyl (C=O) groups excluding carboxylic acids is 1. The van der Waals surface area contributed by atoms with Gasteiger partial charge in [0.05, 0.1) is 13.2 Å². The lowest BCUT2D eigenvalue weighted by molar-refractivity contribution is -0.136. The van der Waals surface area contributed by atoms with Gasteiger partial charge in [0.15, 0.2) is 18.1 Å². The maximum atomic E-state index is 11.7. The van der Waals surface area contributed by atoms with Crippen LogP contribution >= 0.6 is 0 Å². The molecule has 0 radical (unpaired) electrons. The number of para-hydroxylation sites is 2. The molecule has 2 aromatic rings. The molecular weight excluding hydrogens is 282 g/mol.